The van der Waals surface area contributed by atoms with Crippen LogP contribution >= 0.6 is 36.4 Å². The third-order valence-electron chi connectivity index (χ3n) is 3.33. The summed E-state index contributed by atoms with van der Waals surface area (Å²) in [7, 11) is 0. The molecule has 0 unspecified atom stereocenters. The highest BCUT2D eigenvalue weighted by Gasteiger charge is 2.30. The minimum atomic E-state index is -2.39. The molecule has 0 aliphatic carbocycles. The largest absolute Gasteiger partial charge is 0.314 e. The first kappa shape index (κ1) is 19.9. The summed E-state index contributed by atoms with van der Waals surface area (Å²) in [6.45, 7) is 4.65. The van der Waals surface area contributed by atoms with Crippen molar-refractivity contribution < 1.29 is 8.78 Å². The zero-order valence-corrected chi connectivity index (χ0v) is 13.5. The van der Waals surface area contributed by atoms with Gasteiger partial charge in [-0.2, -0.15) is 0 Å². The summed E-state index contributed by atoms with van der Waals surface area (Å²) < 4.78 is 26.7. The first-order valence-corrected chi connectivity index (χ1v) is 6.46. The van der Waals surface area contributed by atoms with Crippen molar-refractivity contribution in [3.8, 4) is 0 Å². The highest BCUT2D eigenvalue weighted by molar-refractivity contribution is 6.30. The molecule has 2 rings (SSSR count). The van der Waals surface area contributed by atoms with Gasteiger partial charge in [0.15, 0.2) is 0 Å². The number of hydrogen-bond donors (Lipinski definition) is 1. The third kappa shape index (κ3) is 4.71. The molecule has 116 valence electrons. The smallest absolute Gasteiger partial charge is 0.258 e. The Morgan fingerprint density at radius 3 is 2.30 bits per heavy atom. The molecule has 0 saturated carbocycles. The van der Waals surface area contributed by atoms with E-state index in [9.17, 15) is 8.78 Å². The van der Waals surface area contributed by atoms with Crippen LogP contribution in [0.5, 0.6) is 0 Å². The Morgan fingerprint density at radius 2 is 1.80 bits per heavy atom. The van der Waals surface area contributed by atoms with Crippen LogP contribution in [0, 0.1) is 6.92 Å². The lowest BCUT2D eigenvalue weighted by Gasteiger charge is -2.35. The first-order valence-electron chi connectivity index (χ1n) is 6.08. The fourth-order valence-corrected chi connectivity index (χ4v) is 2.65. The molecule has 0 amide bonds. The molecule has 0 radical (unpaired) electrons. The SMILES string of the molecule is Cc1cc(Cl)ccc1[C@H](C(F)F)N1CCNCC1.Cl.Cl. The van der Waals surface area contributed by atoms with Crippen molar-refractivity contribution in [1.82, 2.24) is 10.2 Å². The lowest BCUT2D eigenvalue weighted by atomic mass is 9.99. The average Bonchev–Trinajstić information content (AvgIpc) is 2.33. The Labute approximate surface area is 135 Å². The van der Waals surface area contributed by atoms with Crippen LogP contribution < -0.4 is 5.32 Å². The number of piperazine rings is 1. The molecule has 0 bridgehead atoms. The molecular weight excluding hydrogens is 329 g/mol. The van der Waals surface area contributed by atoms with Crippen molar-refractivity contribution in [3.05, 3.63) is 34.3 Å². The fourth-order valence-electron chi connectivity index (χ4n) is 2.42. The number of rotatable bonds is 3. The van der Waals surface area contributed by atoms with Gasteiger partial charge in [0.25, 0.3) is 6.43 Å². The van der Waals surface area contributed by atoms with E-state index in [4.69, 9.17) is 11.6 Å². The molecule has 1 aliphatic heterocycles. The van der Waals surface area contributed by atoms with Crippen molar-refractivity contribution in [3.63, 3.8) is 0 Å². The first-order chi connectivity index (χ1) is 8.59. The summed E-state index contributed by atoms with van der Waals surface area (Å²) in [6.07, 6.45) is -2.39. The van der Waals surface area contributed by atoms with Crippen molar-refractivity contribution in [1.29, 1.82) is 0 Å². The molecule has 1 saturated heterocycles. The highest BCUT2D eigenvalue weighted by atomic mass is 35.5. The number of hydrogen-bond acceptors (Lipinski definition) is 2. The van der Waals surface area contributed by atoms with E-state index < -0.39 is 12.5 Å². The summed E-state index contributed by atoms with van der Waals surface area (Å²) >= 11 is 5.88. The van der Waals surface area contributed by atoms with Crippen LogP contribution in [0.1, 0.15) is 17.2 Å². The molecule has 1 aliphatic rings. The lowest BCUT2D eigenvalue weighted by Crippen LogP contribution is -2.47. The normalized spacial score (nSPS) is 17.2. The fraction of sp³-hybridized carbons (Fsp3) is 0.538. The van der Waals surface area contributed by atoms with Gasteiger partial charge in [0.05, 0.1) is 6.04 Å². The predicted octanol–water partition coefficient (Wildman–Crippen LogP) is 3.70. The maximum Gasteiger partial charge on any atom is 0.258 e. The van der Waals surface area contributed by atoms with Gasteiger partial charge < -0.3 is 5.32 Å². The number of alkyl halides is 2. The summed E-state index contributed by atoms with van der Waals surface area (Å²) in [5.74, 6) is 0. The average molecular weight is 348 g/mol. The molecule has 1 atom stereocenters. The highest BCUT2D eigenvalue weighted by Crippen LogP contribution is 2.31. The van der Waals surface area contributed by atoms with Gasteiger partial charge in [0.2, 0.25) is 0 Å². The number of nitrogens with one attached hydrogen (secondary N) is 1. The van der Waals surface area contributed by atoms with Gasteiger partial charge in [0.1, 0.15) is 0 Å². The molecule has 20 heavy (non-hydrogen) atoms. The van der Waals surface area contributed by atoms with Gasteiger partial charge in [0, 0.05) is 31.2 Å². The van der Waals surface area contributed by atoms with Gasteiger partial charge in [-0.1, -0.05) is 17.7 Å². The maximum atomic E-state index is 13.4. The zero-order valence-electron chi connectivity index (χ0n) is 11.1. The van der Waals surface area contributed by atoms with E-state index in [1.165, 1.54) is 0 Å². The van der Waals surface area contributed by atoms with E-state index >= 15 is 0 Å². The van der Waals surface area contributed by atoms with Crippen LogP contribution in [0.2, 0.25) is 5.02 Å². The topological polar surface area (TPSA) is 15.3 Å². The Morgan fingerprint density at radius 1 is 1.20 bits per heavy atom. The van der Waals surface area contributed by atoms with Crippen molar-refractivity contribution in [2.45, 2.75) is 19.4 Å². The third-order valence-corrected chi connectivity index (χ3v) is 3.57. The molecule has 0 spiro atoms. The van der Waals surface area contributed by atoms with Crippen LogP contribution in [0.25, 0.3) is 0 Å². The molecular formula is C13H19Cl3F2N2. The number of halogens is 5. The van der Waals surface area contributed by atoms with Crippen molar-refractivity contribution >= 4 is 36.4 Å². The minimum Gasteiger partial charge on any atom is -0.314 e. The van der Waals surface area contributed by atoms with Crippen LogP contribution in [0.4, 0.5) is 8.78 Å². The van der Waals surface area contributed by atoms with Crippen molar-refractivity contribution in [2.75, 3.05) is 26.2 Å². The molecule has 1 fully saturated rings. The van der Waals surface area contributed by atoms with Crippen molar-refractivity contribution in [2.24, 2.45) is 0 Å². The van der Waals surface area contributed by atoms with Gasteiger partial charge in [-0.3, -0.25) is 4.90 Å². The Hall–Kier alpha value is -0.130. The van der Waals surface area contributed by atoms with E-state index in [1.807, 2.05) is 11.8 Å². The van der Waals surface area contributed by atoms with E-state index in [0.717, 1.165) is 18.7 Å². The Bertz CT molecular complexity index is 413. The van der Waals surface area contributed by atoms with Gasteiger partial charge >= 0.3 is 0 Å². The standard InChI is InChI=1S/C13H17ClF2N2.2ClH/c1-9-8-10(14)2-3-11(9)12(13(15)16)18-6-4-17-5-7-18;;/h2-3,8,12-13,17H,4-7H2,1H3;2*1H/t12-;;/m1../s1. The maximum absolute atomic E-state index is 13.4. The van der Waals surface area contributed by atoms with Crippen LogP contribution in [-0.4, -0.2) is 37.5 Å². The minimum absolute atomic E-state index is 0. The molecule has 1 aromatic rings. The molecule has 1 aromatic carbocycles. The molecule has 0 aromatic heterocycles. The quantitative estimate of drug-likeness (QED) is 0.897. The summed E-state index contributed by atoms with van der Waals surface area (Å²) in [5, 5.41) is 3.76. The predicted molar refractivity (Wildman–Crippen MR) is 83.9 cm³/mol. The Balaban J connectivity index is 0.00000180. The van der Waals surface area contributed by atoms with E-state index in [1.54, 1.807) is 18.2 Å². The monoisotopic (exact) mass is 346 g/mol. The summed E-state index contributed by atoms with van der Waals surface area (Å²) in [4.78, 5) is 1.84. The summed E-state index contributed by atoms with van der Waals surface area (Å²) in [6, 6.07) is 4.32. The zero-order chi connectivity index (χ0) is 13.1. The van der Waals surface area contributed by atoms with E-state index in [0.29, 0.717) is 23.7 Å². The lowest BCUT2D eigenvalue weighted by molar-refractivity contribution is 0.0178. The van der Waals surface area contributed by atoms with Gasteiger partial charge in [-0.15, -0.1) is 24.8 Å². The van der Waals surface area contributed by atoms with Gasteiger partial charge in [-0.25, -0.2) is 8.78 Å². The van der Waals surface area contributed by atoms with Crippen LogP contribution in [0.15, 0.2) is 18.2 Å². The molecule has 7 heteroatoms. The molecule has 2 nitrogen and oxygen atoms in total. The molecule has 1 N–H and O–H groups in total. The second kappa shape index (κ2) is 9.00. The molecule has 1 heterocycles. The number of benzene rings is 1. The second-order valence-electron chi connectivity index (χ2n) is 4.57. The Kier molecular flexibility index (Phi) is 8.95. The van der Waals surface area contributed by atoms with E-state index in [-0.39, 0.29) is 24.8 Å². The van der Waals surface area contributed by atoms with Crippen LogP contribution in [-0.2, 0) is 0 Å². The number of nitrogens with zero attached hydrogens (tertiary/aromatic N) is 1. The van der Waals surface area contributed by atoms with E-state index in [2.05, 4.69) is 5.32 Å². The second-order valence-corrected chi connectivity index (χ2v) is 5.00. The van der Waals surface area contributed by atoms with Crippen LogP contribution in [0.3, 0.4) is 0 Å². The number of aryl methyl sites for hydroxylation is 1. The summed E-state index contributed by atoms with van der Waals surface area (Å²) in [5.41, 5.74) is 1.50. The van der Waals surface area contributed by atoms with Gasteiger partial charge in [-0.05, 0) is 30.2 Å².